The van der Waals surface area contributed by atoms with E-state index in [0.29, 0.717) is 6.54 Å². The third-order valence-electron chi connectivity index (χ3n) is 1.81. The summed E-state index contributed by atoms with van der Waals surface area (Å²) in [6, 6.07) is 1.95. The highest BCUT2D eigenvalue weighted by Crippen LogP contribution is 2.19. The maximum atomic E-state index is 5.16. The number of nitrogens with zero attached hydrogens (tertiary/aromatic N) is 2. The third-order valence-corrected chi connectivity index (χ3v) is 1.81. The molecule has 1 aromatic heterocycles. The van der Waals surface area contributed by atoms with Crippen LogP contribution in [0.15, 0.2) is 12.4 Å². The fourth-order valence-electron chi connectivity index (χ4n) is 1.28. The Kier molecular flexibility index (Phi) is 3.68. The fraction of sp³-hybridized carbons (Fsp3) is 0.500. The van der Waals surface area contributed by atoms with Crippen molar-refractivity contribution in [1.29, 1.82) is 0 Å². The highest BCUT2D eigenvalue weighted by atomic mass is 15.0. The van der Waals surface area contributed by atoms with E-state index in [0.717, 1.165) is 17.9 Å². The van der Waals surface area contributed by atoms with Gasteiger partial charge in [0, 0.05) is 11.8 Å². The minimum Gasteiger partial charge on any atom is -0.359 e. The molecular weight excluding hydrogens is 186 g/mol. The molecule has 0 saturated carbocycles. The van der Waals surface area contributed by atoms with Gasteiger partial charge >= 0.3 is 0 Å². The number of terminal acetylenes is 1. The first-order chi connectivity index (χ1) is 7.01. The van der Waals surface area contributed by atoms with Gasteiger partial charge in [0.05, 0.1) is 6.54 Å². The van der Waals surface area contributed by atoms with Crippen LogP contribution in [-0.2, 0) is 6.42 Å². The number of hydrogen-bond donors (Lipinski definition) is 1. The van der Waals surface area contributed by atoms with Crippen LogP contribution < -0.4 is 5.32 Å². The Morgan fingerprint density at radius 1 is 1.40 bits per heavy atom. The van der Waals surface area contributed by atoms with Crippen LogP contribution in [0.1, 0.15) is 26.5 Å². The van der Waals surface area contributed by atoms with E-state index in [1.807, 2.05) is 6.07 Å². The van der Waals surface area contributed by atoms with Crippen LogP contribution in [0.4, 0.5) is 5.82 Å². The van der Waals surface area contributed by atoms with Gasteiger partial charge < -0.3 is 5.32 Å². The normalized spacial score (nSPS) is 10.8. The summed E-state index contributed by atoms with van der Waals surface area (Å²) in [7, 11) is 0. The molecule has 80 valence electrons. The molecule has 15 heavy (non-hydrogen) atoms. The largest absolute Gasteiger partial charge is 0.359 e. The van der Waals surface area contributed by atoms with Crippen LogP contribution in [0.2, 0.25) is 0 Å². The summed E-state index contributed by atoms with van der Waals surface area (Å²) in [5.41, 5.74) is 1.27. The van der Waals surface area contributed by atoms with E-state index in [-0.39, 0.29) is 5.41 Å². The van der Waals surface area contributed by atoms with Crippen molar-refractivity contribution in [3.8, 4) is 12.3 Å². The standard InChI is InChI=1S/C12H17N3/c1-5-6-13-11-7-10(14-9-15-11)8-12(2,3)4/h1,7,9H,6,8H2,2-4H3,(H,13,14,15). The second-order valence-electron chi connectivity index (χ2n) is 4.69. The van der Waals surface area contributed by atoms with E-state index in [4.69, 9.17) is 6.42 Å². The van der Waals surface area contributed by atoms with Gasteiger partial charge in [-0.3, -0.25) is 0 Å². The van der Waals surface area contributed by atoms with Crippen LogP contribution in [0.25, 0.3) is 0 Å². The van der Waals surface area contributed by atoms with Crippen molar-refractivity contribution in [2.45, 2.75) is 27.2 Å². The number of nitrogens with one attached hydrogen (secondary N) is 1. The molecule has 3 heteroatoms. The lowest BCUT2D eigenvalue weighted by molar-refractivity contribution is 0.406. The van der Waals surface area contributed by atoms with Crippen molar-refractivity contribution in [2.75, 3.05) is 11.9 Å². The molecule has 0 bridgehead atoms. The van der Waals surface area contributed by atoms with Crippen LogP contribution in [0, 0.1) is 17.8 Å². The Morgan fingerprint density at radius 2 is 2.13 bits per heavy atom. The molecule has 0 aliphatic rings. The Morgan fingerprint density at radius 3 is 2.73 bits per heavy atom. The monoisotopic (exact) mass is 203 g/mol. The summed E-state index contributed by atoms with van der Waals surface area (Å²) in [5, 5.41) is 3.03. The van der Waals surface area contributed by atoms with Crippen molar-refractivity contribution >= 4 is 5.82 Å². The first kappa shape index (κ1) is 11.5. The molecule has 1 rings (SSSR count). The van der Waals surface area contributed by atoms with Gasteiger partial charge in [-0.1, -0.05) is 26.7 Å². The Balaban J connectivity index is 2.71. The number of rotatable bonds is 3. The smallest absolute Gasteiger partial charge is 0.130 e. The molecular formula is C12H17N3. The minimum atomic E-state index is 0.234. The van der Waals surface area contributed by atoms with Gasteiger partial charge in [0.2, 0.25) is 0 Å². The quantitative estimate of drug-likeness (QED) is 0.764. The van der Waals surface area contributed by atoms with Gasteiger partial charge in [0.15, 0.2) is 0 Å². The van der Waals surface area contributed by atoms with E-state index < -0.39 is 0 Å². The third kappa shape index (κ3) is 4.46. The molecule has 0 aromatic carbocycles. The topological polar surface area (TPSA) is 37.8 Å². The molecule has 1 heterocycles. The van der Waals surface area contributed by atoms with E-state index in [1.54, 1.807) is 6.33 Å². The van der Waals surface area contributed by atoms with E-state index in [1.165, 1.54) is 0 Å². The van der Waals surface area contributed by atoms with Crippen LogP contribution in [0.5, 0.6) is 0 Å². The predicted octanol–water partition coefficient (Wildman–Crippen LogP) is 2.11. The zero-order valence-corrected chi connectivity index (χ0v) is 9.54. The van der Waals surface area contributed by atoms with Gasteiger partial charge in [0.1, 0.15) is 12.1 Å². The predicted molar refractivity (Wildman–Crippen MR) is 62.5 cm³/mol. The second-order valence-corrected chi connectivity index (χ2v) is 4.69. The second kappa shape index (κ2) is 4.79. The van der Waals surface area contributed by atoms with Gasteiger partial charge in [-0.05, 0) is 11.8 Å². The van der Waals surface area contributed by atoms with Gasteiger partial charge in [-0.15, -0.1) is 6.42 Å². The van der Waals surface area contributed by atoms with Gasteiger partial charge in [-0.2, -0.15) is 0 Å². The highest BCUT2D eigenvalue weighted by Gasteiger charge is 2.12. The first-order valence-corrected chi connectivity index (χ1v) is 4.99. The summed E-state index contributed by atoms with van der Waals surface area (Å²) in [5.74, 6) is 3.31. The summed E-state index contributed by atoms with van der Waals surface area (Å²) >= 11 is 0. The molecule has 0 radical (unpaired) electrons. The Labute approximate surface area is 91.3 Å². The van der Waals surface area contributed by atoms with Crippen LogP contribution in [0.3, 0.4) is 0 Å². The van der Waals surface area contributed by atoms with Crippen molar-refractivity contribution in [1.82, 2.24) is 9.97 Å². The molecule has 0 saturated heterocycles. The number of aromatic nitrogens is 2. The maximum absolute atomic E-state index is 5.16. The summed E-state index contributed by atoms with van der Waals surface area (Å²) in [6.45, 7) is 7.04. The number of anilines is 1. The van der Waals surface area contributed by atoms with Crippen molar-refractivity contribution in [2.24, 2.45) is 5.41 Å². The summed E-state index contributed by atoms with van der Waals surface area (Å²) < 4.78 is 0. The molecule has 0 fully saturated rings. The Hall–Kier alpha value is -1.56. The summed E-state index contributed by atoms with van der Waals surface area (Å²) in [4.78, 5) is 8.32. The molecule has 0 spiro atoms. The molecule has 1 aromatic rings. The average Bonchev–Trinajstić information content (AvgIpc) is 2.12. The molecule has 3 nitrogen and oxygen atoms in total. The molecule has 0 unspecified atom stereocenters. The lowest BCUT2D eigenvalue weighted by atomic mass is 9.90. The first-order valence-electron chi connectivity index (χ1n) is 4.99. The maximum Gasteiger partial charge on any atom is 0.130 e. The summed E-state index contributed by atoms with van der Waals surface area (Å²) in [6.07, 6.45) is 7.66. The van der Waals surface area contributed by atoms with Crippen molar-refractivity contribution in [3.05, 3.63) is 18.1 Å². The minimum absolute atomic E-state index is 0.234. The molecule has 1 N–H and O–H groups in total. The van der Waals surface area contributed by atoms with E-state index in [2.05, 4.69) is 42.0 Å². The zero-order valence-electron chi connectivity index (χ0n) is 9.54. The van der Waals surface area contributed by atoms with E-state index >= 15 is 0 Å². The van der Waals surface area contributed by atoms with Crippen LogP contribution >= 0.6 is 0 Å². The zero-order chi connectivity index (χ0) is 11.3. The lowest BCUT2D eigenvalue weighted by Crippen LogP contribution is -2.11. The Bertz CT molecular complexity index is 358. The number of hydrogen-bond acceptors (Lipinski definition) is 3. The molecule has 0 aliphatic heterocycles. The SMILES string of the molecule is C#CCNc1cc(CC(C)(C)C)ncn1. The average molecular weight is 203 g/mol. The van der Waals surface area contributed by atoms with Gasteiger partial charge in [0.25, 0.3) is 0 Å². The van der Waals surface area contributed by atoms with Crippen LogP contribution in [-0.4, -0.2) is 16.5 Å². The highest BCUT2D eigenvalue weighted by molar-refractivity contribution is 5.36. The van der Waals surface area contributed by atoms with Crippen molar-refractivity contribution < 1.29 is 0 Å². The van der Waals surface area contributed by atoms with Gasteiger partial charge in [-0.25, -0.2) is 9.97 Å². The molecule has 0 amide bonds. The van der Waals surface area contributed by atoms with Crippen molar-refractivity contribution in [3.63, 3.8) is 0 Å². The lowest BCUT2D eigenvalue weighted by Gasteiger charge is -2.17. The van der Waals surface area contributed by atoms with E-state index in [9.17, 15) is 0 Å². The fourth-order valence-corrected chi connectivity index (χ4v) is 1.28. The molecule has 0 aliphatic carbocycles. The molecule has 0 atom stereocenters.